The molecule has 0 aromatic rings. The van der Waals surface area contributed by atoms with Gasteiger partial charge in [0.2, 0.25) is 6.41 Å². The molecule has 0 aromatic carbocycles. The zero-order chi connectivity index (χ0) is 10.3. The number of amides is 1. The smallest absolute Gasteiger partial charge is 1.00 e. The Morgan fingerprint density at radius 2 is 1.19 bits per heavy atom. The van der Waals surface area contributed by atoms with Crippen LogP contribution < -0.4 is 36.3 Å². The number of carbonyl (C=O) groups is 1. The third-order valence-electron chi connectivity index (χ3n) is 2.03. The Hall–Kier alpha value is 0.658. The quantitative estimate of drug-likeness (QED) is 0.389. The van der Waals surface area contributed by atoms with Gasteiger partial charge in [0.05, 0.1) is 0 Å². The van der Waals surface area contributed by atoms with Gasteiger partial charge in [0.15, 0.2) is 0 Å². The van der Waals surface area contributed by atoms with Crippen LogP contribution in [0.25, 0.3) is 0 Å². The van der Waals surface area contributed by atoms with Crippen LogP contribution in [0.5, 0.6) is 0 Å². The standard InChI is InChI=1S/C6H14N2.C3H7NO.2ClH.Pt/c7-5-1-2-6(8)4-3-5;1-4(2)3-5;;;/h5-6H,1-4,7-8H2;3H,1-2H3;2*1H;/q;;;;+2/p-2. The SMILES string of the molecule is CN(C)C=O.NC1CCC(N)CC1.[Cl-].[Cl-].[Pt+2]. The van der Waals surface area contributed by atoms with E-state index in [1.165, 1.54) is 4.90 Å². The molecule has 0 aromatic heterocycles. The molecule has 1 fully saturated rings. The van der Waals surface area contributed by atoms with Crippen LogP contribution in [0.3, 0.4) is 0 Å². The van der Waals surface area contributed by atoms with Gasteiger partial charge < -0.3 is 41.2 Å². The normalized spacial score (nSPS) is 22.0. The molecule has 0 atom stereocenters. The molecule has 1 aliphatic rings. The Morgan fingerprint density at radius 1 is 1.00 bits per heavy atom. The van der Waals surface area contributed by atoms with Crippen LogP contribution in [0, 0.1) is 0 Å². The Balaban J connectivity index is -0.0000000818. The summed E-state index contributed by atoms with van der Waals surface area (Å²) in [4.78, 5) is 10.9. The van der Waals surface area contributed by atoms with Gasteiger partial charge in [0.25, 0.3) is 0 Å². The number of hydrogen-bond donors (Lipinski definition) is 2. The van der Waals surface area contributed by atoms with E-state index in [0.29, 0.717) is 12.1 Å². The van der Waals surface area contributed by atoms with Crippen molar-refractivity contribution in [2.45, 2.75) is 37.8 Å². The first kappa shape index (κ1) is 25.5. The number of nitrogens with two attached hydrogens (primary N) is 2. The van der Waals surface area contributed by atoms with Crippen molar-refractivity contribution in [1.82, 2.24) is 4.90 Å². The molecule has 0 aliphatic heterocycles. The van der Waals surface area contributed by atoms with Crippen molar-refractivity contribution in [2.75, 3.05) is 14.1 Å². The molecule has 0 unspecified atom stereocenters. The Labute approximate surface area is 125 Å². The van der Waals surface area contributed by atoms with Crippen LogP contribution in [0.4, 0.5) is 0 Å². The predicted molar refractivity (Wildman–Crippen MR) is 54.2 cm³/mol. The fourth-order valence-electron chi connectivity index (χ4n) is 1.14. The first-order chi connectivity index (χ1) is 6.06. The van der Waals surface area contributed by atoms with E-state index in [-0.39, 0.29) is 45.9 Å². The van der Waals surface area contributed by atoms with Crippen molar-refractivity contribution in [2.24, 2.45) is 11.5 Å². The summed E-state index contributed by atoms with van der Waals surface area (Å²) in [6, 6.07) is 0.879. The summed E-state index contributed by atoms with van der Waals surface area (Å²) in [6.07, 6.45) is 5.25. The molecular formula is C9H21Cl2N3OPt. The molecule has 0 heterocycles. The van der Waals surface area contributed by atoms with Crippen LogP contribution in [0.2, 0.25) is 0 Å². The summed E-state index contributed by atoms with van der Waals surface area (Å²) in [5.74, 6) is 0. The van der Waals surface area contributed by atoms with E-state index >= 15 is 0 Å². The van der Waals surface area contributed by atoms with E-state index < -0.39 is 0 Å². The minimum Gasteiger partial charge on any atom is -1.00 e. The average molecular weight is 453 g/mol. The van der Waals surface area contributed by atoms with Crippen LogP contribution in [0.1, 0.15) is 25.7 Å². The number of carbonyl (C=O) groups excluding carboxylic acids is 1. The van der Waals surface area contributed by atoms with Crippen molar-refractivity contribution in [3.05, 3.63) is 0 Å². The van der Waals surface area contributed by atoms with E-state index in [0.717, 1.165) is 32.1 Å². The largest absolute Gasteiger partial charge is 2.00 e. The van der Waals surface area contributed by atoms with Gasteiger partial charge in [-0.05, 0) is 25.7 Å². The average Bonchev–Trinajstić information content (AvgIpc) is 2.11. The van der Waals surface area contributed by atoms with Gasteiger partial charge in [0.1, 0.15) is 0 Å². The number of rotatable bonds is 1. The zero-order valence-electron chi connectivity index (χ0n) is 9.64. The van der Waals surface area contributed by atoms with Gasteiger partial charge in [-0.25, -0.2) is 0 Å². The zero-order valence-corrected chi connectivity index (χ0v) is 13.4. The fraction of sp³-hybridized carbons (Fsp3) is 0.889. The monoisotopic (exact) mass is 452 g/mol. The number of nitrogens with zero attached hydrogens (tertiary/aromatic N) is 1. The minimum absolute atomic E-state index is 0. The van der Waals surface area contributed by atoms with Crippen LogP contribution in [-0.2, 0) is 25.9 Å². The van der Waals surface area contributed by atoms with E-state index in [1.807, 2.05) is 0 Å². The Morgan fingerprint density at radius 3 is 1.31 bits per heavy atom. The van der Waals surface area contributed by atoms with E-state index in [4.69, 9.17) is 11.5 Å². The summed E-state index contributed by atoms with van der Waals surface area (Å²) < 4.78 is 0. The first-order valence-electron chi connectivity index (χ1n) is 4.69. The molecule has 4 N–H and O–H groups in total. The summed E-state index contributed by atoms with van der Waals surface area (Å²) in [5.41, 5.74) is 11.3. The topological polar surface area (TPSA) is 72.3 Å². The number of halogens is 2. The Bertz CT molecular complexity index is 135. The van der Waals surface area contributed by atoms with E-state index in [2.05, 4.69) is 0 Å². The third kappa shape index (κ3) is 17.1. The minimum atomic E-state index is 0. The van der Waals surface area contributed by atoms with E-state index in [9.17, 15) is 4.79 Å². The molecule has 1 amide bonds. The van der Waals surface area contributed by atoms with Gasteiger partial charge >= 0.3 is 21.1 Å². The van der Waals surface area contributed by atoms with Gasteiger partial charge in [0, 0.05) is 26.2 Å². The van der Waals surface area contributed by atoms with Gasteiger partial charge in [-0.15, -0.1) is 0 Å². The maximum Gasteiger partial charge on any atom is 2.00 e. The summed E-state index contributed by atoms with van der Waals surface area (Å²) >= 11 is 0. The third-order valence-corrected chi connectivity index (χ3v) is 2.03. The van der Waals surface area contributed by atoms with Gasteiger partial charge in [-0.1, -0.05) is 0 Å². The second-order valence-corrected chi connectivity index (χ2v) is 3.74. The van der Waals surface area contributed by atoms with Gasteiger partial charge in [-0.2, -0.15) is 0 Å². The molecule has 1 rings (SSSR count). The van der Waals surface area contributed by atoms with E-state index in [1.54, 1.807) is 14.1 Å². The molecule has 4 nitrogen and oxygen atoms in total. The van der Waals surface area contributed by atoms with Crippen molar-refractivity contribution in [3.8, 4) is 0 Å². The molecule has 0 spiro atoms. The van der Waals surface area contributed by atoms with Crippen LogP contribution in [0.15, 0.2) is 0 Å². The number of hydrogen-bond acceptors (Lipinski definition) is 3. The molecule has 0 radical (unpaired) electrons. The van der Waals surface area contributed by atoms with Crippen molar-refractivity contribution in [3.63, 3.8) is 0 Å². The molecule has 16 heavy (non-hydrogen) atoms. The second kappa shape index (κ2) is 15.7. The van der Waals surface area contributed by atoms with Crippen molar-refractivity contribution in [1.29, 1.82) is 0 Å². The molecule has 0 bridgehead atoms. The van der Waals surface area contributed by atoms with Crippen LogP contribution >= 0.6 is 0 Å². The van der Waals surface area contributed by atoms with Crippen molar-refractivity contribution < 1.29 is 50.7 Å². The fourth-order valence-corrected chi connectivity index (χ4v) is 1.14. The molecule has 7 heteroatoms. The molecule has 0 saturated heterocycles. The molecular weight excluding hydrogens is 432 g/mol. The summed E-state index contributed by atoms with van der Waals surface area (Å²) in [7, 11) is 3.38. The summed E-state index contributed by atoms with van der Waals surface area (Å²) in [6.45, 7) is 0. The van der Waals surface area contributed by atoms with Gasteiger partial charge in [-0.3, -0.25) is 4.79 Å². The Kier molecular flexibility index (Phi) is 24.9. The predicted octanol–water partition coefficient (Wildman–Crippen LogP) is -6.08. The van der Waals surface area contributed by atoms with Crippen molar-refractivity contribution >= 4 is 6.41 Å². The molecule has 1 saturated carbocycles. The van der Waals surface area contributed by atoms with Crippen LogP contribution in [-0.4, -0.2) is 37.5 Å². The second-order valence-electron chi connectivity index (χ2n) is 3.74. The molecule has 102 valence electrons. The summed E-state index contributed by atoms with van der Waals surface area (Å²) in [5, 5.41) is 0. The molecule has 1 aliphatic carbocycles. The first-order valence-corrected chi connectivity index (χ1v) is 4.69. The maximum absolute atomic E-state index is 9.43. The maximum atomic E-state index is 9.43.